The molecule has 4 N–H and O–H groups in total. The summed E-state index contributed by atoms with van der Waals surface area (Å²) in [6, 6.07) is 7.79. The molecule has 2 fully saturated rings. The van der Waals surface area contributed by atoms with Gasteiger partial charge in [0.1, 0.15) is 0 Å². The molecule has 2 aliphatic rings. The molecule has 0 radical (unpaired) electrons. The van der Waals surface area contributed by atoms with Gasteiger partial charge in [0.2, 0.25) is 5.91 Å². The number of piperidine rings is 2. The van der Waals surface area contributed by atoms with Crippen molar-refractivity contribution < 1.29 is 9.59 Å². The monoisotopic (exact) mass is 344 g/mol. The number of carbonyl (C=O) groups is 2. The summed E-state index contributed by atoms with van der Waals surface area (Å²) in [5.41, 5.74) is 13.0. The summed E-state index contributed by atoms with van der Waals surface area (Å²) in [5.74, 6) is 0.691. The lowest BCUT2D eigenvalue weighted by molar-refractivity contribution is -0.140. The molecule has 6 nitrogen and oxygen atoms in total. The van der Waals surface area contributed by atoms with Gasteiger partial charge in [-0.1, -0.05) is 12.1 Å². The normalized spacial score (nSPS) is 23.5. The van der Waals surface area contributed by atoms with Crippen molar-refractivity contribution in [2.75, 3.05) is 26.2 Å². The van der Waals surface area contributed by atoms with Crippen molar-refractivity contribution in [3.63, 3.8) is 0 Å². The van der Waals surface area contributed by atoms with Gasteiger partial charge in [0.25, 0.3) is 5.91 Å². The number of fused-ring (bicyclic) bond motifs is 1. The molecule has 2 aliphatic heterocycles. The number of nitrogens with two attached hydrogens (primary N) is 2. The molecule has 136 valence electrons. The van der Waals surface area contributed by atoms with Crippen LogP contribution < -0.4 is 11.5 Å². The Kier molecular flexibility index (Phi) is 5.71. The van der Waals surface area contributed by atoms with Crippen molar-refractivity contribution in [1.82, 2.24) is 9.80 Å². The van der Waals surface area contributed by atoms with Gasteiger partial charge in [-0.2, -0.15) is 0 Å². The molecule has 0 spiro atoms. The minimum atomic E-state index is 0.0763. The lowest BCUT2D eigenvalue weighted by Crippen LogP contribution is -2.57. The Hall–Kier alpha value is -1.92. The Balaban J connectivity index is 1.66. The van der Waals surface area contributed by atoms with Gasteiger partial charge < -0.3 is 21.3 Å². The van der Waals surface area contributed by atoms with E-state index >= 15 is 0 Å². The first-order valence-corrected chi connectivity index (χ1v) is 9.22. The fraction of sp³-hybridized carbons (Fsp3) is 0.579. The van der Waals surface area contributed by atoms with Crippen LogP contribution in [0.5, 0.6) is 0 Å². The molecule has 0 unspecified atom stereocenters. The van der Waals surface area contributed by atoms with Gasteiger partial charge in [-0.05, 0) is 49.4 Å². The molecule has 1 aromatic carbocycles. The van der Waals surface area contributed by atoms with Crippen molar-refractivity contribution in [2.45, 2.75) is 38.3 Å². The second kappa shape index (κ2) is 7.97. The van der Waals surface area contributed by atoms with E-state index in [0.29, 0.717) is 37.5 Å². The highest BCUT2D eigenvalue weighted by molar-refractivity contribution is 5.94. The highest BCUT2D eigenvalue weighted by Gasteiger charge is 2.40. The molecule has 0 aromatic heterocycles. The Labute approximate surface area is 149 Å². The van der Waals surface area contributed by atoms with Crippen molar-refractivity contribution in [1.29, 1.82) is 0 Å². The SMILES string of the molecule is NCCCN1C(=O)CC[C@H]2CN(C(=O)c3ccc(CN)cc3)CC[C@H]21. The zero-order valence-corrected chi connectivity index (χ0v) is 14.7. The average molecular weight is 344 g/mol. The average Bonchev–Trinajstić information content (AvgIpc) is 2.66. The summed E-state index contributed by atoms with van der Waals surface area (Å²) in [7, 11) is 0. The third kappa shape index (κ3) is 3.85. The molecule has 3 rings (SSSR count). The molecule has 0 aliphatic carbocycles. The van der Waals surface area contributed by atoms with Crippen LogP contribution in [0.4, 0.5) is 0 Å². The predicted molar refractivity (Wildman–Crippen MR) is 96.8 cm³/mol. The Morgan fingerprint density at radius 2 is 1.92 bits per heavy atom. The van der Waals surface area contributed by atoms with Gasteiger partial charge in [0.15, 0.2) is 0 Å². The van der Waals surface area contributed by atoms with Crippen molar-refractivity contribution in [3.8, 4) is 0 Å². The van der Waals surface area contributed by atoms with E-state index in [0.717, 1.165) is 37.9 Å². The zero-order valence-electron chi connectivity index (χ0n) is 14.7. The zero-order chi connectivity index (χ0) is 17.8. The molecular weight excluding hydrogens is 316 g/mol. The highest BCUT2D eigenvalue weighted by Crippen LogP contribution is 2.32. The molecule has 0 bridgehead atoms. The molecule has 0 saturated carbocycles. The van der Waals surface area contributed by atoms with Crippen molar-refractivity contribution in [3.05, 3.63) is 35.4 Å². The number of amides is 2. The van der Waals surface area contributed by atoms with Crippen LogP contribution in [0.15, 0.2) is 24.3 Å². The first kappa shape index (κ1) is 17.9. The lowest BCUT2D eigenvalue weighted by atomic mass is 9.83. The number of rotatable bonds is 5. The van der Waals surface area contributed by atoms with E-state index in [2.05, 4.69) is 0 Å². The van der Waals surface area contributed by atoms with Crippen LogP contribution in [-0.4, -0.2) is 53.8 Å². The molecule has 25 heavy (non-hydrogen) atoms. The van der Waals surface area contributed by atoms with E-state index in [9.17, 15) is 9.59 Å². The van der Waals surface area contributed by atoms with Crippen molar-refractivity contribution >= 4 is 11.8 Å². The molecule has 6 heteroatoms. The van der Waals surface area contributed by atoms with Crippen LogP contribution >= 0.6 is 0 Å². The molecular formula is C19H28N4O2. The summed E-state index contributed by atoms with van der Waals surface area (Å²) in [4.78, 5) is 29.0. The lowest BCUT2D eigenvalue weighted by Gasteiger charge is -2.47. The Morgan fingerprint density at radius 3 is 2.60 bits per heavy atom. The van der Waals surface area contributed by atoms with E-state index in [-0.39, 0.29) is 17.9 Å². The van der Waals surface area contributed by atoms with Crippen LogP contribution in [0.25, 0.3) is 0 Å². The van der Waals surface area contributed by atoms with Gasteiger partial charge in [-0.3, -0.25) is 9.59 Å². The number of carbonyl (C=O) groups excluding carboxylic acids is 2. The third-order valence-electron chi connectivity index (χ3n) is 5.47. The van der Waals surface area contributed by atoms with Gasteiger partial charge in [-0.15, -0.1) is 0 Å². The summed E-state index contributed by atoms with van der Waals surface area (Å²) in [6.45, 7) is 3.25. The minimum absolute atomic E-state index is 0.0763. The Morgan fingerprint density at radius 1 is 1.16 bits per heavy atom. The summed E-state index contributed by atoms with van der Waals surface area (Å²) < 4.78 is 0. The van der Waals surface area contributed by atoms with E-state index in [1.807, 2.05) is 34.1 Å². The molecule has 2 saturated heterocycles. The minimum Gasteiger partial charge on any atom is -0.339 e. The smallest absolute Gasteiger partial charge is 0.253 e. The number of hydrogen-bond acceptors (Lipinski definition) is 4. The summed E-state index contributed by atoms with van der Waals surface area (Å²) in [5, 5.41) is 0. The van der Waals surface area contributed by atoms with Crippen LogP contribution in [0.2, 0.25) is 0 Å². The van der Waals surface area contributed by atoms with Crippen LogP contribution in [-0.2, 0) is 11.3 Å². The first-order valence-electron chi connectivity index (χ1n) is 9.22. The largest absolute Gasteiger partial charge is 0.339 e. The van der Waals surface area contributed by atoms with Crippen LogP contribution in [0, 0.1) is 5.92 Å². The molecule has 2 atom stereocenters. The highest BCUT2D eigenvalue weighted by atomic mass is 16.2. The van der Waals surface area contributed by atoms with E-state index in [4.69, 9.17) is 11.5 Å². The second-order valence-corrected chi connectivity index (χ2v) is 7.04. The maximum absolute atomic E-state index is 12.8. The summed E-state index contributed by atoms with van der Waals surface area (Å²) in [6.07, 6.45) is 3.15. The van der Waals surface area contributed by atoms with Crippen LogP contribution in [0.3, 0.4) is 0 Å². The fourth-order valence-electron chi connectivity index (χ4n) is 4.05. The first-order chi connectivity index (χ1) is 12.1. The van der Waals surface area contributed by atoms with Gasteiger partial charge in [-0.25, -0.2) is 0 Å². The fourth-order valence-corrected chi connectivity index (χ4v) is 4.05. The van der Waals surface area contributed by atoms with Gasteiger partial charge in [0, 0.05) is 44.2 Å². The van der Waals surface area contributed by atoms with E-state index < -0.39 is 0 Å². The quantitative estimate of drug-likeness (QED) is 0.832. The topological polar surface area (TPSA) is 92.7 Å². The molecule has 2 heterocycles. The number of benzene rings is 1. The third-order valence-corrected chi connectivity index (χ3v) is 5.47. The number of nitrogens with zero attached hydrogens (tertiary/aromatic N) is 2. The van der Waals surface area contributed by atoms with E-state index in [1.54, 1.807) is 0 Å². The second-order valence-electron chi connectivity index (χ2n) is 7.04. The van der Waals surface area contributed by atoms with Gasteiger partial charge in [0.05, 0.1) is 0 Å². The maximum atomic E-state index is 12.8. The van der Waals surface area contributed by atoms with Crippen molar-refractivity contribution in [2.24, 2.45) is 17.4 Å². The maximum Gasteiger partial charge on any atom is 0.253 e. The Bertz CT molecular complexity index is 616. The molecule has 1 aromatic rings. The number of likely N-dealkylation sites (tertiary alicyclic amines) is 2. The standard InChI is InChI=1S/C19H28N4O2/c20-9-1-10-23-17-8-11-22(13-16(17)6-7-18(23)24)19(25)15-4-2-14(12-21)3-5-15/h2-5,16-17H,1,6-13,20-21H2/t16-,17+/m0/s1. The predicted octanol–water partition coefficient (Wildman–Crippen LogP) is 0.947. The van der Waals surface area contributed by atoms with Crippen LogP contribution in [0.1, 0.15) is 41.6 Å². The van der Waals surface area contributed by atoms with Gasteiger partial charge >= 0.3 is 0 Å². The summed E-state index contributed by atoms with van der Waals surface area (Å²) >= 11 is 0. The molecule has 2 amide bonds. The van der Waals surface area contributed by atoms with E-state index in [1.165, 1.54) is 0 Å². The number of hydrogen-bond donors (Lipinski definition) is 2.